The van der Waals surface area contributed by atoms with E-state index in [1.54, 1.807) is 0 Å². The number of hydrogen-bond donors (Lipinski definition) is 1. The van der Waals surface area contributed by atoms with Crippen molar-refractivity contribution in [3.8, 4) is 0 Å². The van der Waals surface area contributed by atoms with Crippen LogP contribution in [0.25, 0.3) is 0 Å². The predicted octanol–water partition coefficient (Wildman–Crippen LogP) is 0.709. The topological polar surface area (TPSA) is 103 Å². The van der Waals surface area contributed by atoms with Crippen LogP contribution in [0.15, 0.2) is 27.4 Å². The third-order valence-electron chi connectivity index (χ3n) is 2.37. The SMILES string of the molecule is CCCn1c(Sc2cncc(C(=O)OC)n2)n[nH]c1=O. The highest BCUT2D eigenvalue weighted by Crippen LogP contribution is 2.22. The number of aromatic nitrogens is 5. The Hall–Kier alpha value is -2.16. The molecule has 8 nitrogen and oxygen atoms in total. The zero-order chi connectivity index (χ0) is 14.5. The Bertz CT molecular complexity index is 666. The lowest BCUT2D eigenvalue weighted by Gasteiger charge is -2.03. The van der Waals surface area contributed by atoms with Gasteiger partial charge in [-0.2, -0.15) is 0 Å². The van der Waals surface area contributed by atoms with Crippen LogP contribution in [0, 0.1) is 0 Å². The van der Waals surface area contributed by atoms with Gasteiger partial charge in [-0.1, -0.05) is 6.92 Å². The number of methoxy groups -OCH3 is 1. The van der Waals surface area contributed by atoms with Gasteiger partial charge in [-0.15, -0.1) is 5.10 Å². The number of rotatable bonds is 5. The summed E-state index contributed by atoms with van der Waals surface area (Å²) in [7, 11) is 1.27. The summed E-state index contributed by atoms with van der Waals surface area (Å²) in [4.78, 5) is 31.0. The van der Waals surface area contributed by atoms with Crippen molar-refractivity contribution in [3.05, 3.63) is 28.6 Å². The zero-order valence-corrected chi connectivity index (χ0v) is 11.8. The number of esters is 1. The molecular formula is C11H13N5O3S. The standard InChI is InChI=1S/C11H13N5O3S/c1-3-4-16-10(18)14-15-11(16)20-8-6-12-5-7(13-8)9(17)19-2/h5-6H,3-4H2,1-2H3,(H,14,18). The van der Waals surface area contributed by atoms with E-state index in [1.165, 1.54) is 24.1 Å². The molecule has 20 heavy (non-hydrogen) atoms. The minimum Gasteiger partial charge on any atom is -0.464 e. The Morgan fingerprint density at radius 2 is 2.30 bits per heavy atom. The summed E-state index contributed by atoms with van der Waals surface area (Å²) in [6.45, 7) is 2.52. The van der Waals surface area contributed by atoms with Gasteiger partial charge < -0.3 is 4.74 Å². The van der Waals surface area contributed by atoms with E-state index in [2.05, 4.69) is 24.9 Å². The maximum absolute atomic E-state index is 11.6. The van der Waals surface area contributed by atoms with E-state index in [1.807, 2.05) is 6.92 Å². The second kappa shape index (κ2) is 6.33. The van der Waals surface area contributed by atoms with Gasteiger partial charge in [0.2, 0.25) is 0 Å². The maximum Gasteiger partial charge on any atom is 0.358 e. The smallest absolute Gasteiger partial charge is 0.358 e. The molecule has 0 aliphatic heterocycles. The molecule has 0 amide bonds. The van der Waals surface area contributed by atoms with Crippen molar-refractivity contribution in [2.75, 3.05) is 7.11 Å². The average molecular weight is 295 g/mol. The van der Waals surface area contributed by atoms with Crippen LogP contribution in [-0.4, -0.2) is 37.8 Å². The highest BCUT2D eigenvalue weighted by molar-refractivity contribution is 7.99. The van der Waals surface area contributed by atoms with E-state index >= 15 is 0 Å². The number of hydrogen-bond acceptors (Lipinski definition) is 7. The third-order valence-corrected chi connectivity index (χ3v) is 3.27. The Balaban J connectivity index is 2.26. The molecule has 0 bridgehead atoms. The van der Waals surface area contributed by atoms with Crippen LogP contribution >= 0.6 is 11.8 Å². The molecule has 2 rings (SSSR count). The predicted molar refractivity (Wildman–Crippen MR) is 70.6 cm³/mol. The van der Waals surface area contributed by atoms with Crippen molar-refractivity contribution in [3.63, 3.8) is 0 Å². The first-order chi connectivity index (χ1) is 9.65. The molecule has 0 saturated heterocycles. The number of H-pyrrole nitrogens is 1. The highest BCUT2D eigenvalue weighted by atomic mass is 32.2. The maximum atomic E-state index is 11.6. The van der Waals surface area contributed by atoms with Gasteiger partial charge in [0.05, 0.1) is 19.5 Å². The first-order valence-corrected chi connectivity index (χ1v) is 6.70. The van der Waals surface area contributed by atoms with Crippen LogP contribution in [-0.2, 0) is 11.3 Å². The van der Waals surface area contributed by atoms with Gasteiger partial charge >= 0.3 is 11.7 Å². The lowest BCUT2D eigenvalue weighted by Crippen LogP contribution is -2.17. The van der Waals surface area contributed by atoms with E-state index in [0.717, 1.165) is 18.2 Å². The monoisotopic (exact) mass is 295 g/mol. The van der Waals surface area contributed by atoms with E-state index in [4.69, 9.17) is 0 Å². The molecular weight excluding hydrogens is 282 g/mol. The van der Waals surface area contributed by atoms with E-state index < -0.39 is 5.97 Å². The summed E-state index contributed by atoms with van der Waals surface area (Å²) < 4.78 is 6.09. The van der Waals surface area contributed by atoms with E-state index in [0.29, 0.717) is 16.7 Å². The number of nitrogens with zero attached hydrogens (tertiary/aromatic N) is 4. The lowest BCUT2D eigenvalue weighted by molar-refractivity contribution is 0.0592. The minimum absolute atomic E-state index is 0.109. The summed E-state index contributed by atoms with van der Waals surface area (Å²) in [5, 5.41) is 7.26. The minimum atomic E-state index is -0.562. The number of nitrogens with one attached hydrogen (secondary N) is 1. The Morgan fingerprint density at radius 1 is 1.50 bits per heavy atom. The van der Waals surface area contributed by atoms with Crippen molar-refractivity contribution >= 4 is 17.7 Å². The van der Waals surface area contributed by atoms with Gasteiger partial charge in [0.25, 0.3) is 0 Å². The summed E-state index contributed by atoms with van der Waals surface area (Å²) >= 11 is 1.16. The van der Waals surface area contributed by atoms with Gasteiger partial charge in [-0.05, 0) is 18.2 Å². The number of carbonyl (C=O) groups is 1. The molecule has 0 aliphatic rings. The van der Waals surface area contributed by atoms with Crippen LogP contribution in [0.1, 0.15) is 23.8 Å². The molecule has 2 aromatic rings. The molecule has 2 aromatic heterocycles. The summed E-state index contributed by atoms with van der Waals surface area (Å²) in [5.41, 5.74) is -0.163. The van der Waals surface area contributed by atoms with Crippen LogP contribution in [0.5, 0.6) is 0 Å². The highest BCUT2D eigenvalue weighted by Gasteiger charge is 2.13. The summed E-state index contributed by atoms with van der Waals surface area (Å²) in [6, 6.07) is 0. The molecule has 106 valence electrons. The fourth-order valence-electron chi connectivity index (χ4n) is 1.50. The summed E-state index contributed by atoms with van der Waals surface area (Å²) in [5.74, 6) is -0.562. The van der Waals surface area contributed by atoms with Crippen LogP contribution in [0.3, 0.4) is 0 Å². The van der Waals surface area contributed by atoms with Crippen molar-refractivity contribution in [1.29, 1.82) is 0 Å². The third kappa shape index (κ3) is 3.05. The molecule has 0 unspecified atom stereocenters. The van der Waals surface area contributed by atoms with Crippen LogP contribution < -0.4 is 5.69 Å². The first kappa shape index (κ1) is 14.3. The number of aromatic amines is 1. The van der Waals surface area contributed by atoms with Gasteiger partial charge in [0.1, 0.15) is 5.03 Å². The molecule has 0 spiro atoms. The zero-order valence-electron chi connectivity index (χ0n) is 11.0. The van der Waals surface area contributed by atoms with E-state index in [-0.39, 0.29) is 11.4 Å². The number of ether oxygens (including phenoxy) is 1. The molecule has 1 N–H and O–H groups in total. The molecule has 0 aromatic carbocycles. The number of carbonyl (C=O) groups excluding carboxylic acids is 1. The Morgan fingerprint density at radius 3 is 3.00 bits per heavy atom. The van der Waals surface area contributed by atoms with Gasteiger partial charge in [-0.3, -0.25) is 9.55 Å². The second-order valence-electron chi connectivity index (χ2n) is 3.80. The molecule has 9 heteroatoms. The van der Waals surface area contributed by atoms with Crippen molar-refractivity contribution in [2.24, 2.45) is 0 Å². The Labute approximate surface area is 118 Å². The van der Waals surface area contributed by atoms with Crippen molar-refractivity contribution in [2.45, 2.75) is 30.1 Å². The Kier molecular flexibility index (Phi) is 4.51. The normalized spacial score (nSPS) is 10.5. The molecule has 0 aliphatic carbocycles. The lowest BCUT2D eigenvalue weighted by atomic mass is 10.5. The largest absolute Gasteiger partial charge is 0.464 e. The summed E-state index contributed by atoms with van der Waals surface area (Å²) in [6.07, 6.45) is 3.62. The van der Waals surface area contributed by atoms with Gasteiger partial charge in [0.15, 0.2) is 10.9 Å². The molecule has 0 saturated carbocycles. The molecule has 0 fully saturated rings. The van der Waals surface area contributed by atoms with Crippen LogP contribution in [0.4, 0.5) is 0 Å². The second-order valence-corrected chi connectivity index (χ2v) is 4.79. The van der Waals surface area contributed by atoms with Crippen LogP contribution in [0.2, 0.25) is 0 Å². The van der Waals surface area contributed by atoms with E-state index in [9.17, 15) is 9.59 Å². The van der Waals surface area contributed by atoms with Crippen molar-refractivity contribution < 1.29 is 9.53 Å². The van der Waals surface area contributed by atoms with Crippen molar-refractivity contribution in [1.82, 2.24) is 24.7 Å². The molecule has 2 heterocycles. The molecule has 0 atom stereocenters. The fraction of sp³-hybridized carbons (Fsp3) is 0.364. The quantitative estimate of drug-likeness (QED) is 0.810. The average Bonchev–Trinajstić information content (AvgIpc) is 2.80. The first-order valence-electron chi connectivity index (χ1n) is 5.89. The van der Waals surface area contributed by atoms with Gasteiger partial charge in [-0.25, -0.2) is 19.7 Å². The molecule has 0 radical (unpaired) electrons. The van der Waals surface area contributed by atoms with Gasteiger partial charge in [0, 0.05) is 6.54 Å². The fourth-order valence-corrected chi connectivity index (χ4v) is 2.32.